The molecule has 1 aliphatic rings. The molecule has 1 heterocycles. The van der Waals surface area contributed by atoms with Crippen molar-refractivity contribution in [1.82, 2.24) is 15.1 Å². The van der Waals surface area contributed by atoms with Crippen molar-refractivity contribution >= 4 is 12.1 Å². The minimum atomic E-state index is 0.0309. The van der Waals surface area contributed by atoms with Gasteiger partial charge in [-0.3, -0.25) is 4.90 Å². The largest absolute Gasteiger partial charge is 0.334 e. The molecule has 4 heteroatoms. The van der Waals surface area contributed by atoms with E-state index in [4.69, 9.17) is 0 Å². The van der Waals surface area contributed by atoms with E-state index in [1.54, 1.807) is 0 Å². The smallest absolute Gasteiger partial charge is 0.317 e. The van der Waals surface area contributed by atoms with Crippen LogP contribution in [0.3, 0.4) is 0 Å². The molecule has 0 aliphatic carbocycles. The molecule has 0 unspecified atom stereocenters. The van der Waals surface area contributed by atoms with E-state index in [1.807, 2.05) is 53.4 Å². The number of hydrogen-bond acceptors (Lipinski definition) is 2. The van der Waals surface area contributed by atoms with Crippen LogP contribution in [0.25, 0.3) is 6.08 Å². The normalized spacial score (nSPS) is 15.4. The van der Waals surface area contributed by atoms with Crippen molar-refractivity contribution in [2.24, 2.45) is 0 Å². The first-order chi connectivity index (χ1) is 12.3. The highest BCUT2D eigenvalue weighted by molar-refractivity contribution is 5.74. The summed E-state index contributed by atoms with van der Waals surface area (Å²) in [5.74, 6) is 0. The Hall–Kier alpha value is -2.59. The fourth-order valence-electron chi connectivity index (χ4n) is 2.92. The highest BCUT2D eigenvalue weighted by Crippen LogP contribution is 2.05. The van der Waals surface area contributed by atoms with Crippen LogP contribution in [0.1, 0.15) is 11.1 Å². The Morgan fingerprint density at radius 2 is 1.56 bits per heavy atom. The average molecular weight is 335 g/mol. The Labute approximate surface area is 149 Å². The molecule has 130 valence electrons. The van der Waals surface area contributed by atoms with Crippen molar-refractivity contribution < 1.29 is 4.79 Å². The minimum absolute atomic E-state index is 0.0309. The quantitative estimate of drug-likeness (QED) is 0.910. The molecule has 0 aromatic heterocycles. The van der Waals surface area contributed by atoms with Crippen LogP contribution in [0.2, 0.25) is 0 Å². The van der Waals surface area contributed by atoms with Gasteiger partial charge in [-0.1, -0.05) is 72.8 Å². The fraction of sp³-hybridized carbons (Fsp3) is 0.286. The van der Waals surface area contributed by atoms with Crippen LogP contribution in [-0.2, 0) is 6.54 Å². The molecule has 0 radical (unpaired) electrons. The molecular formula is C21H25N3O. The highest BCUT2D eigenvalue weighted by Gasteiger charge is 2.19. The Kier molecular flexibility index (Phi) is 6.23. The molecular weight excluding hydrogens is 310 g/mol. The number of benzene rings is 2. The summed E-state index contributed by atoms with van der Waals surface area (Å²) < 4.78 is 0. The third-order valence-corrected chi connectivity index (χ3v) is 4.42. The van der Waals surface area contributed by atoms with Crippen LogP contribution in [0, 0.1) is 0 Å². The fourth-order valence-corrected chi connectivity index (χ4v) is 2.92. The summed E-state index contributed by atoms with van der Waals surface area (Å²) in [6.07, 6.45) is 4.35. The van der Waals surface area contributed by atoms with Gasteiger partial charge in [0.2, 0.25) is 0 Å². The van der Waals surface area contributed by atoms with Crippen LogP contribution < -0.4 is 5.32 Å². The van der Waals surface area contributed by atoms with Gasteiger partial charge in [0.25, 0.3) is 0 Å². The van der Waals surface area contributed by atoms with E-state index < -0.39 is 0 Å². The van der Waals surface area contributed by atoms with Crippen LogP contribution in [0.4, 0.5) is 4.79 Å². The molecule has 2 amide bonds. The molecule has 0 atom stereocenters. The summed E-state index contributed by atoms with van der Waals surface area (Å²) in [6.45, 7) is 4.89. The zero-order chi connectivity index (χ0) is 17.3. The van der Waals surface area contributed by atoms with Crippen LogP contribution in [0.15, 0.2) is 66.7 Å². The Morgan fingerprint density at radius 3 is 2.24 bits per heavy atom. The van der Waals surface area contributed by atoms with E-state index in [0.717, 1.165) is 38.3 Å². The van der Waals surface area contributed by atoms with E-state index in [1.165, 1.54) is 5.56 Å². The van der Waals surface area contributed by atoms with Gasteiger partial charge >= 0.3 is 6.03 Å². The summed E-state index contributed by atoms with van der Waals surface area (Å²) in [5.41, 5.74) is 2.35. The highest BCUT2D eigenvalue weighted by atomic mass is 16.2. The lowest BCUT2D eigenvalue weighted by Gasteiger charge is -2.34. The van der Waals surface area contributed by atoms with Gasteiger partial charge in [0.15, 0.2) is 0 Å². The van der Waals surface area contributed by atoms with Crippen molar-refractivity contribution in [3.63, 3.8) is 0 Å². The molecule has 0 spiro atoms. The second-order valence-corrected chi connectivity index (χ2v) is 6.25. The van der Waals surface area contributed by atoms with Gasteiger partial charge in [-0.05, 0) is 11.1 Å². The van der Waals surface area contributed by atoms with E-state index >= 15 is 0 Å². The number of rotatable bonds is 5. The molecule has 2 aromatic rings. The van der Waals surface area contributed by atoms with E-state index in [-0.39, 0.29) is 6.03 Å². The summed E-state index contributed by atoms with van der Waals surface area (Å²) >= 11 is 0. The summed E-state index contributed by atoms with van der Waals surface area (Å²) in [7, 11) is 0. The van der Waals surface area contributed by atoms with Gasteiger partial charge in [-0.25, -0.2) is 4.79 Å². The van der Waals surface area contributed by atoms with Crippen LogP contribution in [0.5, 0.6) is 0 Å². The van der Waals surface area contributed by atoms with Crippen LogP contribution in [-0.4, -0.2) is 48.6 Å². The van der Waals surface area contributed by atoms with Gasteiger partial charge in [-0.2, -0.15) is 0 Å². The van der Waals surface area contributed by atoms with E-state index in [2.05, 4.69) is 34.5 Å². The Bertz CT molecular complexity index is 677. The number of hydrogen-bond donors (Lipinski definition) is 1. The molecule has 2 aromatic carbocycles. The maximum Gasteiger partial charge on any atom is 0.317 e. The van der Waals surface area contributed by atoms with Gasteiger partial charge in [-0.15, -0.1) is 0 Å². The SMILES string of the molecule is O=C(NCc1ccccc1)N1CCN(CC=Cc2ccccc2)CC1. The Balaban J connectivity index is 1.38. The molecule has 0 bridgehead atoms. The number of carbonyl (C=O) groups excluding carboxylic acids is 1. The monoisotopic (exact) mass is 335 g/mol. The second-order valence-electron chi connectivity index (χ2n) is 6.25. The van der Waals surface area contributed by atoms with Crippen molar-refractivity contribution in [1.29, 1.82) is 0 Å². The summed E-state index contributed by atoms with van der Waals surface area (Å²) in [4.78, 5) is 16.5. The maximum atomic E-state index is 12.3. The number of amides is 2. The second kappa shape index (κ2) is 9.04. The average Bonchev–Trinajstić information content (AvgIpc) is 2.68. The molecule has 1 fully saturated rings. The van der Waals surface area contributed by atoms with E-state index in [0.29, 0.717) is 6.54 Å². The molecule has 1 aliphatic heterocycles. The van der Waals surface area contributed by atoms with Crippen molar-refractivity contribution in [3.8, 4) is 0 Å². The first-order valence-corrected chi connectivity index (χ1v) is 8.82. The first-order valence-electron chi connectivity index (χ1n) is 8.82. The molecule has 3 rings (SSSR count). The predicted octanol–water partition coefficient (Wildman–Crippen LogP) is 3.23. The molecule has 1 saturated heterocycles. The van der Waals surface area contributed by atoms with Gasteiger partial charge in [0, 0.05) is 39.3 Å². The van der Waals surface area contributed by atoms with Crippen LogP contribution >= 0.6 is 0 Å². The molecule has 0 saturated carbocycles. The van der Waals surface area contributed by atoms with E-state index in [9.17, 15) is 4.79 Å². The molecule has 4 nitrogen and oxygen atoms in total. The zero-order valence-corrected chi connectivity index (χ0v) is 14.5. The standard InChI is InChI=1S/C21H25N3O/c25-21(22-18-20-10-5-2-6-11-20)24-16-14-23(15-17-24)13-7-12-19-8-3-1-4-9-19/h1-12H,13-18H2,(H,22,25). The van der Waals surface area contributed by atoms with Gasteiger partial charge < -0.3 is 10.2 Å². The maximum absolute atomic E-state index is 12.3. The lowest BCUT2D eigenvalue weighted by molar-refractivity contribution is 0.146. The molecule has 25 heavy (non-hydrogen) atoms. The number of piperazine rings is 1. The number of urea groups is 1. The number of nitrogens with zero attached hydrogens (tertiary/aromatic N) is 2. The lowest BCUT2D eigenvalue weighted by Crippen LogP contribution is -2.51. The minimum Gasteiger partial charge on any atom is -0.334 e. The number of nitrogens with one attached hydrogen (secondary N) is 1. The zero-order valence-electron chi connectivity index (χ0n) is 14.5. The number of carbonyl (C=O) groups is 1. The third kappa shape index (κ3) is 5.47. The van der Waals surface area contributed by atoms with Gasteiger partial charge in [0.05, 0.1) is 0 Å². The van der Waals surface area contributed by atoms with Crippen molar-refractivity contribution in [2.45, 2.75) is 6.54 Å². The lowest BCUT2D eigenvalue weighted by atomic mass is 10.2. The summed E-state index contributed by atoms with van der Waals surface area (Å²) in [5, 5.41) is 3.00. The first kappa shape index (κ1) is 17.2. The Morgan fingerprint density at radius 1 is 0.920 bits per heavy atom. The van der Waals surface area contributed by atoms with Crippen molar-refractivity contribution in [2.75, 3.05) is 32.7 Å². The topological polar surface area (TPSA) is 35.6 Å². The van der Waals surface area contributed by atoms with Crippen molar-refractivity contribution in [3.05, 3.63) is 77.9 Å². The van der Waals surface area contributed by atoms with Gasteiger partial charge in [0.1, 0.15) is 0 Å². The molecule has 1 N–H and O–H groups in total. The predicted molar refractivity (Wildman–Crippen MR) is 102 cm³/mol. The third-order valence-electron chi connectivity index (χ3n) is 4.42. The summed E-state index contributed by atoms with van der Waals surface area (Å²) in [6, 6.07) is 20.4.